The van der Waals surface area contributed by atoms with Gasteiger partial charge < -0.3 is 15.0 Å². The molecule has 1 heterocycles. The fourth-order valence-corrected chi connectivity index (χ4v) is 5.71. The molecule has 1 aromatic carbocycles. The largest absolute Gasteiger partial charge is 0.490 e. The molecule has 0 spiro atoms. The molecule has 1 N–H and O–H groups in total. The molecule has 1 amide bonds. The molecule has 3 aliphatic rings. The summed E-state index contributed by atoms with van der Waals surface area (Å²) in [6.07, 6.45) is 1.43. The number of benzene rings is 1. The summed E-state index contributed by atoms with van der Waals surface area (Å²) in [4.78, 5) is 15.1. The highest BCUT2D eigenvalue weighted by atomic mass is 19.4. The smallest absolute Gasteiger partial charge is 0.416 e. The number of carbonyl (C=O) groups excluding carboxylic acids is 1. The molecule has 1 aliphatic heterocycles. The Balaban J connectivity index is 1.31. The maximum absolute atomic E-state index is 12.8. The lowest BCUT2D eigenvalue weighted by Gasteiger charge is -2.44. The molecule has 2 aliphatic carbocycles. The third-order valence-corrected chi connectivity index (χ3v) is 7.59. The molecule has 31 heavy (non-hydrogen) atoms. The standard InChI is InChI=1S/C24H33F3N2O2/c1-15(18-13-29(2)14-18)28-23(30)17-6-11-21-16(12-17)4-3-5-22(21)31-20-9-7-19(8-10-20)24(25,26)27/h7-10,15-18,21-22H,3-6,11-14H2,1-2H3,(H,28,30). The number of likely N-dealkylation sites (tertiary alicyclic amines) is 1. The number of hydrogen-bond acceptors (Lipinski definition) is 3. The van der Waals surface area contributed by atoms with Gasteiger partial charge in [-0.05, 0) is 88.6 Å². The van der Waals surface area contributed by atoms with Crippen molar-refractivity contribution in [1.82, 2.24) is 10.2 Å². The molecule has 0 bridgehead atoms. The van der Waals surface area contributed by atoms with E-state index in [1.54, 1.807) is 0 Å². The zero-order chi connectivity index (χ0) is 22.2. The van der Waals surface area contributed by atoms with Gasteiger partial charge in [0, 0.05) is 31.0 Å². The van der Waals surface area contributed by atoms with Crippen LogP contribution >= 0.6 is 0 Å². The van der Waals surface area contributed by atoms with Gasteiger partial charge in [-0.15, -0.1) is 0 Å². The monoisotopic (exact) mass is 438 g/mol. The normalized spacial score (nSPS) is 30.7. The molecule has 0 radical (unpaired) electrons. The fourth-order valence-electron chi connectivity index (χ4n) is 5.71. The first-order valence-electron chi connectivity index (χ1n) is 11.5. The van der Waals surface area contributed by atoms with E-state index in [0.29, 0.717) is 23.5 Å². The fraction of sp³-hybridized carbons (Fsp3) is 0.708. The first kappa shape index (κ1) is 22.4. The predicted octanol–water partition coefficient (Wildman–Crippen LogP) is 4.74. The van der Waals surface area contributed by atoms with Crippen molar-refractivity contribution in [1.29, 1.82) is 0 Å². The quantitative estimate of drug-likeness (QED) is 0.722. The number of hydrogen-bond donors (Lipinski definition) is 1. The molecule has 3 fully saturated rings. The van der Waals surface area contributed by atoms with Crippen LogP contribution in [0.5, 0.6) is 5.75 Å². The van der Waals surface area contributed by atoms with Gasteiger partial charge in [0.1, 0.15) is 11.9 Å². The van der Waals surface area contributed by atoms with Crippen LogP contribution in [-0.2, 0) is 11.0 Å². The molecular formula is C24H33F3N2O2. The second kappa shape index (κ2) is 9.00. The van der Waals surface area contributed by atoms with Gasteiger partial charge in [0.05, 0.1) is 5.56 Å². The highest BCUT2D eigenvalue weighted by Crippen LogP contribution is 2.44. The Bertz CT molecular complexity index is 761. The minimum atomic E-state index is -4.33. The average Bonchev–Trinajstić information content (AvgIpc) is 2.71. The van der Waals surface area contributed by atoms with Crippen molar-refractivity contribution in [3.8, 4) is 5.75 Å². The molecule has 5 atom stereocenters. The van der Waals surface area contributed by atoms with Crippen molar-refractivity contribution in [2.75, 3.05) is 20.1 Å². The molecule has 2 saturated carbocycles. The molecule has 172 valence electrons. The molecule has 4 rings (SSSR count). The van der Waals surface area contributed by atoms with Crippen LogP contribution in [0.4, 0.5) is 13.2 Å². The summed E-state index contributed by atoms with van der Waals surface area (Å²) in [6, 6.07) is 5.22. The minimum absolute atomic E-state index is 0.0175. The summed E-state index contributed by atoms with van der Waals surface area (Å²) < 4.78 is 44.5. The summed E-state index contributed by atoms with van der Waals surface area (Å²) in [5, 5.41) is 3.25. The van der Waals surface area contributed by atoms with Crippen molar-refractivity contribution in [3.05, 3.63) is 29.8 Å². The van der Waals surface area contributed by atoms with Gasteiger partial charge in [-0.1, -0.05) is 0 Å². The third kappa shape index (κ3) is 5.18. The summed E-state index contributed by atoms with van der Waals surface area (Å²) in [6.45, 7) is 4.19. The first-order valence-corrected chi connectivity index (χ1v) is 11.5. The van der Waals surface area contributed by atoms with Crippen LogP contribution in [0, 0.1) is 23.7 Å². The zero-order valence-corrected chi connectivity index (χ0v) is 18.3. The zero-order valence-electron chi connectivity index (χ0n) is 18.3. The Labute approximate surface area is 182 Å². The second-order valence-corrected chi connectivity index (χ2v) is 9.82. The number of halogens is 3. The maximum atomic E-state index is 12.8. The lowest BCUT2D eigenvalue weighted by molar-refractivity contribution is -0.137. The number of carbonyl (C=O) groups is 1. The summed E-state index contributed by atoms with van der Waals surface area (Å²) >= 11 is 0. The topological polar surface area (TPSA) is 41.6 Å². The van der Waals surface area contributed by atoms with Crippen molar-refractivity contribution in [3.63, 3.8) is 0 Å². The highest BCUT2D eigenvalue weighted by Gasteiger charge is 2.41. The van der Waals surface area contributed by atoms with Crippen LogP contribution in [0.25, 0.3) is 0 Å². The SMILES string of the molecule is CC(NC(=O)C1CCC2C(CCCC2Oc2ccc(C(F)(F)F)cc2)C1)C1CN(C)C1. The van der Waals surface area contributed by atoms with E-state index < -0.39 is 11.7 Å². The van der Waals surface area contributed by atoms with E-state index in [1.807, 2.05) is 0 Å². The van der Waals surface area contributed by atoms with Crippen molar-refractivity contribution >= 4 is 5.91 Å². The number of nitrogens with one attached hydrogen (secondary N) is 1. The summed E-state index contributed by atoms with van der Waals surface area (Å²) in [7, 11) is 2.10. The van der Waals surface area contributed by atoms with Crippen molar-refractivity contribution in [2.24, 2.45) is 23.7 Å². The molecular weight excluding hydrogens is 405 g/mol. The van der Waals surface area contributed by atoms with Crippen LogP contribution in [0.3, 0.4) is 0 Å². The Morgan fingerprint density at radius 1 is 1.13 bits per heavy atom. The third-order valence-electron chi connectivity index (χ3n) is 7.59. The van der Waals surface area contributed by atoms with E-state index >= 15 is 0 Å². The van der Waals surface area contributed by atoms with Gasteiger partial charge >= 0.3 is 6.18 Å². The Kier molecular flexibility index (Phi) is 6.52. The lowest BCUT2D eigenvalue weighted by atomic mass is 9.66. The van der Waals surface area contributed by atoms with E-state index in [2.05, 4.69) is 24.2 Å². The number of fused-ring (bicyclic) bond motifs is 1. The molecule has 1 aromatic rings. The van der Waals surface area contributed by atoms with Crippen molar-refractivity contribution in [2.45, 2.75) is 63.8 Å². The number of alkyl halides is 3. The number of amides is 1. The van der Waals surface area contributed by atoms with Gasteiger partial charge in [0.25, 0.3) is 0 Å². The first-order chi connectivity index (χ1) is 14.7. The second-order valence-electron chi connectivity index (χ2n) is 9.82. The van der Waals surface area contributed by atoms with Crippen LogP contribution < -0.4 is 10.1 Å². The van der Waals surface area contributed by atoms with Gasteiger partial charge in [-0.3, -0.25) is 4.79 Å². The van der Waals surface area contributed by atoms with E-state index in [1.165, 1.54) is 12.1 Å². The van der Waals surface area contributed by atoms with Crippen molar-refractivity contribution < 1.29 is 22.7 Å². The van der Waals surface area contributed by atoms with E-state index in [0.717, 1.165) is 63.7 Å². The average molecular weight is 439 g/mol. The van der Waals surface area contributed by atoms with Gasteiger partial charge in [-0.2, -0.15) is 13.2 Å². The van der Waals surface area contributed by atoms with Gasteiger partial charge in [0.15, 0.2) is 0 Å². The predicted molar refractivity (Wildman–Crippen MR) is 113 cm³/mol. The molecule has 4 nitrogen and oxygen atoms in total. The molecule has 1 saturated heterocycles. The Morgan fingerprint density at radius 3 is 2.48 bits per heavy atom. The van der Waals surface area contributed by atoms with E-state index in [4.69, 9.17) is 4.74 Å². The Morgan fingerprint density at radius 2 is 1.84 bits per heavy atom. The number of ether oxygens (including phenoxy) is 1. The highest BCUT2D eigenvalue weighted by molar-refractivity contribution is 5.79. The van der Waals surface area contributed by atoms with Crippen LogP contribution in [0.1, 0.15) is 51.0 Å². The molecule has 7 heteroatoms. The van der Waals surface area contributed by atoms with Crippen LogP contribution in [0.15, 0.2) is 24.3 Å². The van der Waals surface area contributed by atoms with Gasteiger partial charge in [0.2, 0.25) is 5.91 Å². The Hall–Kier alpha value is -1.76. The number of nitrogens with zero attached hydrogens (tertiary/aromatic N) is 1. The maximum Gasteiger partial charge on any atom is 0.416 e. The summed E-state index contributed by atoms with van der Waals surface area (Å²) in [5.74, 6) is 2.11. The number of rotatable bonds is 5. The lowest BCUT2D eigenvalue weighted by Crippen LogP contribution is -2.55. The molecule has 0 aromatic heterocycles. The van der Waals surface area contributed by atoms with E-state index in [9.17, 15) is 18.0 Å². The minimum Gasteiger partial charge on any atom is -0.490 e. The molecule has 5 unspecified atom stereocenters. The van der Waals surface area contributed by atoms with Crippen LogP contribution in [-0.4, -0.2) is 43.1 Å². The van der Waals surface area contributed by atoms with Crippen LogP contribution in [0.2, 0.25) is 0 Å². The van der Waals surface area contributed by atoms with Gasteiger partial charge in [-0.25, -0.2) is 0 Å². The van der Waals surface area contributed by atoms with E-state index in [-0.39, 0.29) is 24.0 Å². The summed E-state index contributed by atoms with van der Waals surface area (Å²) in [5.41, 5.74) is -0.657.